The van der Waals surface area contributed by atoms with Crippen LogP contribution in [0.5, 0.6) is 0 Å². The van der Waals surface area contributed by atoms with Gasteiger partial charge in [0.05, 0.1) is 0 Å². The van der Waals surface area contributed by atoms with Gasteiger partial charge >= 0.3 is 0 Å². The lowest BCUT2D eigenvalue weighted by Gasteiger charge is -2.14. The Labute approximate surface area is 68.2 Å². The average Bonchev–Trinajstić information content (AvgIpc) is 2.30. The number of hydrogen-bond donors (Lipinski definition) is 1. The molecule has 0 aromatic rings. The Morgan fingerprint density at radius 1 is 1.36 bits per heavy atom. The van der Waals surface area contributed by atoms with Gasteiger partial charge in [-0.1, -0.05) is 6.58 Å². The Morgan fingerprint density at radius 2 is 2.09 bits per heavy atom. The molecule has 1 aliphatic heterocycles. The van der Waals surface area contributed by atoms with E-state index in [4.69, 9.17) is 0 Å². The van der Waals surface area contributed by atoms with Crippen molar-refractivity contribution in [3.63, 3.8) is 0 Å². The third-order valence-corrected chi connectivity index (χ3v) is 2.79. The predicted molar refractivity (Wildman–Crippen MR) is 47.2 cm³/mol. The van der Waals surface area contributed by atoms with Crippen LogP contribution in [-0.4, -0.2) is 6.04 Å². The molecule has 1 heterocycles. The molecule has 1 unspecified atom stereocenters. The smallest absolute Gasteiger partial charge is 0.0451 e. The minimum Gasteiger partial charge on any atom is -0.379 e. The maximum absolute atomic E-state index is 4.02. The average molecular weight is 149 g/mol. The van der Waals surface area contributed by atoms with Crippen LogP contribution in [0.25, 0.3) is 0 Å². The molecular formula is C10H15N. The number of allylic oxidation sites excluding steroid dienone is 1. The molecule has 11 heavy (non-hydrogen) atoms. The van der Waals surface area contributed by atoms with Crippen LogP contribution < -0.4 is 5.32 Å². The summed E-state index contributed by atoms with van der Waals surface area (Å²) in [6.45, 7) is 6.25. The van der Waals surface area contributed by atoms with Gasteiger partial charge in [-0.2, -0.15) is 0 Å². The lowest BCUT2D eigenvalue weighted by atomic mass is 9.90. The zero-order chi connectivity index (χ0) is 7.84. The molecule has 0 bridgehead atoms. The first kappa shape index (κ1) is 6.96. The summed E-state index contributed by atoms with van der Waals surface area (Å²) in [7, 11) is 0. The highest BCUT2D eigenvalue weighted by atomic mass is 15.0. The summed E-state index contributed by atoms with van der Waals surface area (Å²) >= 11 is 0. The van der Waals surface area contributed by atoms with E-state index in [1.807, 2.05) is 0 Å². The standard InChI is InChI=1S/C10H15N/c1-7-9-5-3-4-6-10(9)8(2)11-7/h8,11H,1,3-6H2,2H3. The largest absolute Gasteiger partial charge is 0.379 e. The van der Waals surface area contributed by atoms with E-state index in [-0.39, 0.29) is 0 Å². The van der Waals surface area contributed by atoms with Crippen molar-refractivity contribution in [2.24, 2.45) is 0 Å². The van der Waals surface area contributed by atoms with Gasteiger partial charge in [-0.15, -0.1) is 0 Å². The number of hydrogen-bond acceptors (Lipinski definition) is 1. The monoisotopic (exact) mass is 149 g/mol. The van der Waals surface area contributed by atoms with E-state index in [9.17, 15) is 0 Å². The lowest BCUT2D eigenvalue weighted by Crippen LogP contribution is -2.19. The van der Waals surface area contributed by atoms with Crippen LogP contribution >= 0.6 is 0 Å². The molecule has 1 aliphatic carbocycles. The van der Waals surface area contributed by atoms with Crippen LogP contribution in [0.4, 0.5) is 0 Å². The van der Waals surface area contributed by atoms with Gasteiger partial charge in [-0.05, 0) is 43.8 Å². The molecule has 0 aromatic heterocycles. The molecule has 1 nitrogen and oxygen atoms in total. The third-order valence-electron chi connectivity index (χ3n) is 2.79. The Morgan fingerprint density at radius 3 is 2.82 bits per heavy atom. The zero-order valence-electron chi connectivity index (χ0n) is 7.11. The second-order valence-electron chi connectivity index (χ2n) is 3.56. The SMILES string of the molecule is C=C1NC(C)C2=C1CCCC2. The minimum atomic E-state index is 0.567. The van der Waals surface area contributed by atoms with E-state index in [0.717, 1.165) is 0 Å². The molecule has 0 saturated carbocycles. The fraction of sp³-hybridized carbons (Fsp3) is 0.600. The van der Waals surface area contributed by atoms with Crippen molar-refractivity contribution < 1.29 is 0 Å². The van der Waals surface area contributed by atoms with E-state index < -0.39 is 0 Å². The molecule has 1 N–H and O–H groups in total. The van der Waals surface area contributed by atoms with Crippen molar-refractivity contribution in [3.8, 4) is 0 Å². The van der Waals surface area contributed by atoms with Crippen LogP contribution in [0.15, 0.2) is 23.4 Å². The first-order valence-electron chi connectivity index (χ1n) is 4.47. The fourth-order valence-electron chi connectivity index (χ4n) is 2.19. The van der Waals surface area contributed by atoms with Crippen LogP contribution in [0.1, 0.15) is 32.6 Å². The summed E-state index contributed by atoms with van der Waals surface area (Å²) < 4.78 is 0. The molecule has 2 rings (SSSR count). The molecule has 60 valence electrons. The summed E-state index contributed by atoms with van der Waals surface area (Å²) in [5.74, 6) is 0. The highest BCUT2D eigenvalue weighted by Crippen LogP contribution is 2.34. The quantitative estimate of drug-likeness (QED) is 0.557. The predicted octanol–water partition coefficient (Wildman–Crippen LogP) is 2.36. The summed E-state index contributed by atoms with van der Waals surface area (Å²) in [5.41, 5.74) is 4.34. The van der Waals surface area contributed by atoms with Crippen molar-refractivity contribution in [1.29, 1.82) is 0 Å². The van der Waals surface area contributed by atoms with Gasteiger partial charge in [0.1, 0.15) is 0 Å². The molecule has 0 aromatic carbocycles. The second kappa shape index (κ2) is 2.40. The molecule has 1 atom stereocenters. The summed E-state index contributed by atoms with van der Waals surface area (Å²) in [6.07, 6.45) is 5.28. The minimum absolute atomic E-state index is 0.567. The molecule has 1 heteroatoms. The zero-order valence-corrected chi connectivity index (χ0v) is 7.11. The van der Waals surface area contributed by atoms with Crippen LogP contribution in [-0.2, 0) is 0 Å². The molecule has 0 fully saturated rings. The fourth-order valence-corrected chi connectivity index (χ4v) is 2.19. The van der Waals surface area contributed by atoms with Gasteiger partial charge in [-0.3, -0.25) is 0 Å². The molecule has 0 spiro atoms. The van der Waals surface area contributed by atoms with Gasteiger partial charge in [0.25, 0.3) is 0 Å². The van der Waals surface area contributed by atoms with Gasteiger partial charge in [-0.25, -0.2) is 0 Å². The Balaban J connectivity index is 2.32. The Bertz CT molecular complexity index is 225. The maximum Gasteiger partial charge on any atom is 0.0451 e. The van der Waals surface area contributed by atoms with Crippen molar-refractivity contribution in [3.05, 3.63) is 23.4 Å². The van der Waals surface area contributed by atoms with Crippen molar-refractivity contribution in [2.75, 3.05) is 0 Å². The van der Waals surface area contributed by atoms with E-state index in [1.165, 1.54) is 37.0 Å². The molecule has 2 aliphatic rings. The second-order valence-corrected chi connectivity index (χ2v) is 3.56. The third kappa shape index (κ3) is 0.991. The first-order valence-corrected chi connectivity index (χ1v) is 4.47. The summed E-state index contributed by atoms with van der Waals surface area (Å²) in [4.78, 5) is 0. The van der Waals surface area contributed by atoms with Crippen molar-refractivity contribution in [1.82, 2.24) is 5.32 Å². The van der Waals surface area contributed by atoms with Gasteiger partial charge in [0.2, 0.25) is 0 Å². The van der Waals surface area contributed by atoms with E-state index in [1.54, 1.807) is 5.57 Å². The van der Waals surface area contributed by atoms with E-state index >= 15 is 0 Å². The van der Waals surface area contributed by atoms with Crippen molar-refractivity contribution in [2.45, 2.75) is 38.6 Å². The van der Waals surface area contributed by atoms with Crippen LogP contribution in [0.2, 0.25) is 0 Å². The topological polar surface area (TPSA) is 12.0 Å². The molecule has 0 amide bonds. The maximum atomic E-state index is 4.02. The van der Waals surface area contributed by atoms with Gasteiger partial charge in [0.15, 0.2) is 0 Å². The first-order chi connectivity index (χ1) is 5.29. The van der Waals surface area contributed by atoms with Crippen LogP contribution in [0.3, 0.4) is 0 Å². The van der Waals surface area contributed by atoms with Gasteiger partial charge < -0.3 is 5.32 Å². The van der Waals surface area contributed by atoms with Crippen LogP contribution in [0, 0.1) is 0 Å². The highest BCUT2D eigenvalue weighted by molar-refractivity contribution is 5.42. The molecule has 0 radical (unpaired) electrons. The normalized spacial score (nSPS) is 30.3. The van der Waals surface area contributed by atoms with Gasteiger partial charge in [0, 0.05) is 11.7 Å². The lowest BCUT2D eigenvalue weighted by molar-refractivity contribution is 0.648. The molecular weight excluding hydrogens is 134 g/mol. The van der Waals surface area contributed by atoms with Crippen molar-refractivity contribution >= 4 is 0 Å². The summed E-state index contributed by atoms with van der Waals surface area (Å²) in [6, 6.07) is 0.567. The number of rotatable bonds is 0. The number of nitrogens with one attached hydrogen (secondary N) is 1. The summed E-state index contributed by atoms with van der Waals surface area (Å²) in [5, 5.41) is 3.39. The molecule has 0 saturated heterocycles. The Hall–Kier alpha value is -0.720. The Kier molecular flexibility index (Phi) is 1.52. The van der Waals surface area contributed by atoms with E-state index in [2.05, 4.69) is 18.8 Å². The van der Waals surface area contributed by atoms with E-state index in [0.29, 0.717) is 6.04 Å². The highest BCUT2D eigenvalue weighted by Gasteiger charge is 2.25.